The molecule has 0 aromatic heterocycles. The monoisotopic (exact) mass is 252 g/mol. The summed E-state index contributed by atoms with van der Waals surface area (Å²) in [5, 5.41) is 8.88. The molecule has 1 rings (SSSR count). The molecule has 18 heavy (non-hydrogen) atoms. The van der Waals surface area contributed by atoms with E-state index in [0.717, 1.165) is 6.07 Å². The summed E-state index contributed by atoms with van der Waals surface area (Å²) in [6.07, 6.45) is 5.02. The van der Waals surface area contributed by atoms with Crippen LogP contribution >= 0.6 is 0 Å². The first-order valence-corrected chi connectivity index (χ1v) is 5.17. The lowest BCUT2D eigenvalue weighted by Crippen LogP contribution is -2.09. The van der Waals surface area contributed by atoms with Crippen LogP contribution in [-0.2, 0) is 4.79 Å². The molecule has 1 N–H and O–H groups in total. The van der Waals surface area contributed by atoms with Gasteiger partial charge in [-0.05, 0) is 24.6 Å². The van der Waals surface area contributed by atoms with Crippen LogP contribution in [0.15, 0.2) is 12.1 Å². The SMILES string of the molecule is C#CCOc1c(F)cc(C(C)C(=O)O)cc1OC. The number of aliphatic carboxylic acids is 1. The summed E-state index contributed by atoms with van der Waals surface area (Å²) in [4.78, 5) is 10.8. The number of ether oxygens (including phenoxy) is 2. The number of benzene rings is 1. The van der Waals surface area contributed by atoms with Crippen molar-refractivity contribution in [1.82, 2.24) is 0 Å². The second-order valence-electron chi connectivity index (χ2n) is 3.59. The second kappa shape index (κ2) is 5.92. The van der Waals surface area contributed by atoms with Crippen LogP contribution in [0.2, 0.25) is 0 Å². The van der Waals surface area contributed by atoms with Crippen LogP contribution in [0, 0.1) is 18.2 Å². The number of methoxy groups -OCH3 is 1. The Morgan fingerprint density at radius 2 is 2.28 bits per heavy atom. The Balaban J connectivity index is 3.18. The summed E-state index contributed by atoms with van der Waals surface area (Å²) < 4.78 is 23.8. The van der Waals surface area contributed by atoms with E-state index in [4.69, 9.17) is 21.0 Å². The van der Waals surface area contributed by atoms with E-state index in [0.29, 0.717) is 5.56 Å². The summed E-state index contributed by atoms with van der Waals surface area (Å²) in [6.45, 7) is 1.36. The van der Waals surface area contributed by atoms with Gasteiger partial charge >= 0.3 is 5.97 Å². The Bertz CT molecular complexity index is 490. The van der Waals surface area contributed by atoms with Crippen LogP contribution in [-0.4, -0.2) is 24.8 Å². The minimum atomic E-state index is -1.05. The van der Waals surface area contributed by atoms with Gasteiger partial charge in [0.15, 0.2) is 17.3 Å². The van der Waals surface area contributed by atoms with Crippen molar-refractivity contribution in [3.63, 3.8) is 0 Å². The van der Waals surface area contributed by atoms with Gasteiger partial charge in [0, 0.05) is 0 Å². The zero-order valence-electron chi connectivity index (χ0n) is 10.1. The Hall–Kier alpha value is -2.22. The van der Waals surface area contributed by atoms with E-state index >= 15 is 0 Å². The molecule has 0 heterocycles. The highest BCUT2D eigenvalue weighted by atomic mass is 19.1. The number of carbonyl (C=O) groups is 1. The molecule has 1 unspecified atom stereocenters. The van der Waals surface area contributed by atoms with Crippen molar-refractivity contribution in [3.8, 4) is 23.8 Å². The molecule has 4 nitrogen and oxygen atoms in total. The zero-order chi connectivity index (χ0) is 13.7. The van der Waals surface area contributed by atoms with Gasteiger partial charge in [-0.15, -0.1) is 6.42 Å². The van der Waals surface area contributed by atoms with Crippen LogP contribution in [0.4, 0.5) is 4.39 Å². The van der Waals surface area contributed by atoms with Gasteiger partial charge in [0.2, 0.25) is 0 Å². The van der Waals surface area contributed by atoms with Crippen LogP contribution in [0.5, 0.6) is 11.5 Å². The summed E-state index contributed by atoms with van der Waals surface area (Å²) in [7, 11) is 1.34. The van der Waals surface area contributed by atoms with Gasteiger partial charge in [0.25, 0.3) is 0 Å². The zero-order valence-corrected chi connectivity index (χ0v) is 10.1. The molecule has 1 aromatic rings. The fraction of sp³-hybridized carbons (Fsp3) is 0.308. The number of terminal acetylenes is 1. The number of hydrogen-bond acceptors (Lipinski definition) is 3. The molecule has 5 heteroatoms. The predicted molar refractivity (Wildman–Crippen MR) is 63.3 cm³/mol. The molecule has 0 bridgehead atoms. The lowest BCUT2D eigenvalue weighted by molar-refractivity contribution is -0.138. The number of carboxylic acids is 1. The van der Waals surface area contributed by atoms with Crippen LogP contribution < -0.4 is 9.47 Å². The van der Waals surface area contributed by atoms with Gasteiger partial charge < -0.3 is 14.6 Å². The fourth-order valence-corrected chi connectivity index (χ4v) is 1.39. The maximum absolute atomic E-state index is 13.8. The maximum Gasteiger partial charge on any atom is 0.310 e. The highest BCUT2D eigenvalue weighted by molar-refractivity contribution is 5.76. The Kier molecular flexibility index (Phi) is 4.55. The van der Waals surface area contributed by atoms with Crippen molar-refractivity contribution in [2.75, 3.05) is 13.7 Å². The molecule has 0 fully saturated rings. The van der Waals surface area contributed by atoms with Crippen LogP contribution in [0.3, 0.4) is 0 Å². The summed E-state index contributed by atoms with van der Waals surface area (Å²) in [5.74, 6) is -0.370. The van der Waals surface area contributed by atoms with Crippen molar-refractivity contribution < 1.29 is 23.8 Å². The van der Waals surface area contributed by atoms with E-state index in [-0.39, 0.29) is 18.1 Å². The molecule has 0 amide bonds. The molecule has 1 aromatic carbocycles. The summed E-state index contributed by atoms with van der Waals surface area (Å²) in [5.41, 5.74) is 0.296. The first-order valence-electron chi connectivity index (χ1n) is 5.17. The molecule has 0 aliphatic heterocycles. The molecule has 1 atom stereocenters. The molecule has 0 spiro atoms. The third-order valence-corrected chi connectivity index (χ3v) is 2.42. The van der Waals surface area contributed by atoms with Gasteiger partial charge in [-0.25, -0.2) is 4.39 Å². The average molecular weight is 252 g/mol. The highest BCUT2D eigenvalue weighted by Gasteiger charge is 2.20. The second-order valence-corrected chi connectivity index (χ2v) is 3.59. The lowest BCUT2D eigenvalue weighted by atomic mass is 10.0. The lowest BCUT2D eigenvalue weighted by Gasteiger charge is -2.13. The standard InChI is InChI=1S/C13H13FO4/c1-4-5-18-12-10(14)6-9(7-11(12)17-3)8(2)13(15)16/h1,6-8H,5H2,2-3H3,(H,15,16). The molecule has 0 saturated carbocycles. The third-order valence-electron chi connectivity index (χ3n) is 2.42. The summed E-state index contributed by atoms with van der Waals surface area (Å²) in [6, 6.07) is 2.53. The molecule has 0 aliphatic carbocycles. The first-order chi connectivity index (χ1) is 8.51. The minimum absolute atomic E-state index is 0.0961. The molecule has 0 radical (unpaired) electrons. The van der Waals surface area contributed by atoms with Gasteiger partial charge in [-0.3, -0.25) is 4.79 Å². The largest absolute Gasteiger partial charge is 0.493 e. The molecule has 96 valence electrons. The van der Waals surface area contributed by atoms with Crippen molar-refractivity contribution in [3.05, 3.63) is 23.5 Å². The van der Waals surface area contributed by atoms with E-state index in [1.54, 1.807) is 0 Å². The first kappa shape index (κ1) is 13.8. The number of hydrogen-bond donors (Lipinski definition) is 1. The normalized spacial score (nSPS) is 11.4. The van der Waals surface area contributed by atoms with Gasteiger partial charge in [-0.2, -0.15) is 0 Å². The van der Waals surface area contributed by atoms with Crippen molar-refractivity contribution >= 4 is 5.97 Å². The Morgan fingerprint density at radius 3 is 2.78 bits per heavy atom. The van der Waals surface area contributed by atoms with Crippen LogP contribution in [0.1, 0.15) is 18.4 Å². The van der Waals surface area contributed by atoms with E-state index < -0.39 is 17.7 Å². The van der Waals surface area contributed by atoms with E-state index in [9.17, 15) is 9.18 Å². The highest BCUT2D eigenvalue weighted by Crippen LogP contribution is 2.34. The molecule has 0 aliphatic rings. The van der Waals surface area contributed by atoms with E-state index in [2.05, 4.69) is 5.92 Å². The topological polar surface area (TPSA) is 55.8 Å². The summed E-state index contributed by atoms with van der Waals surface area (Å²) >= 11 is 0. The fourth-order valence-electron chi connectivity index (χ4n) is 1.39. The molecular weight excluding hydrogens is 239 g/mol. The smallest absolute Gasteiger partial charge is 0.310 e. The van der Waals surface area contributed by atoms with Gasteiger partial charge in [0.05, 0.1) is 13.0 Å². The third kappa shape index (κ3) is 2.92. The Morgan fingerprint density at radius 1 is 1.61 bits per heavy atom. The van der Waals surface area contributed by atoms with Gasteiger partial charge in [0.1, 0.15) is 6.61 Å². The van der Waals surface area contributed by atoms with E-state index in [1.165, 1.54) is 20.1 Å². The predicted octanol–water partition coefficient (Wildman–Crippen LogP) is 2.03. The van der Waals surface area contributed by atoms with E-state index in [1.807, 2.05) is 0 Å². The van der Waals surface area contributed by atoms with Gasteiger partial charge in [-0.1, -0.05) is 5.92 Å². The number of carboxylic acid groups (broad SMARTS) is 1. The van der Waals surface area contributed by atoms with Crippen molar-refractivity contribution in [2.24, 2.45) is 0 Å². The maximum atomic E-state index is 13.8. The minimum Gasteiger partial charge on any atom is -0.493 e. The molecular formula is C13H13FO4. The average Bonchev–Trinajstić information content (AvgIpc) is 2.35. The van der Waals surface area contributed by atoms with Crippen molar-refractivity contribution in [2.45, 2.75) is 12.8 Å². The number of halogens is 1. The van der Waals surface area contributed by atoms with Crippen LogP contribution in [0.25, 0.3) is 0 Å². The quantitative estimate of drug-likeness (QED) is 0.815. The number of rotatable bonds is 5. The Labute approximate surface area is 104 Å². The van der Waals surface area contributed by atoms with Crippen molar-refractivity contribution in [1.29, 1.82) is 0 Å². The molecule has 0 saturated heterocycles.